The van der Waals surface area contributed by atoms with Gasteiger partial charge in [0.2, 0.25) is 0 Å². The fourth-order valence-electron chi connectivity index (χ4n) is 2.12. The van der Waals surface area contributed by atoms with Gasteiger partial charge in [-0.1, -0.05) is 0 Å². The zero-order chi connectivity index (χ0) is 11.5. The van der Waals surface area contributed by atoms with Crippen LogP contribution in [0.2, 0.25) is 0 Å². The first-order chi connectivity index (χ1) is 6.67. The molecule has 5 heteroatoms. The molecule has 0 aliphatic carbocycles. The maximum Gasteiger partial charge on any atom is 0.309 e. The SMILES string of the molecule is CN1C[P+]2(CN(C)C(C)(C)O2)OC1(C)C. The first-order valence-electron chi connectivity index (χ1n) is 5.38. The van der Waals surface area contributed by atoms with Crippen LogP contribution < -0.4 is 0 Å². The minimum Gasteiger partial charge on any atom is -0.238 e. The Bertz CT molecular complexity index is 253. The van der Waals surface area contributed by atoms with Gasteiger partial charge in [0.05, 0.1) is 0 Å². The van der Waals surface area contributed by atoms with Crippen LogP contribution in [0.4, 0.5) is 0 Å². The minimum absolute atomic E-state index is 0.185. The van der Waals surface area contributed by atoms with Crippen molar-refractivity contribution in [1.29, 1.82) is 0 Å². The summed E-state index contributed by atoms with van der Waals surface area (Å²) in [5.74, 6) is 0. The summed E-state index contributed by atoms with van der Waals surface area (Å²) in [5, 5.41) is 0. The van der Waals surface area contributed by atoms with Gasteiger partial charge in [-0.15, -0.1) is 0 Å². The Kier molecular flexibility index (Phi) is 2.46. The van der Waals surface area contributed by atoms with Crippen LogP contribution in [0.3, 0.4) is 0 Å². The molecule has 0 radical (unpaired) electrons. The van der Waals surface area contributed by atoms with Crippen molar-refractivity contribution in [2.75, 3.05) is 26.7 Å². The Labute approximate surface area is 93.0 Å². The summed E-state index contributed by atoms with van der Waals surface area (Å²) in [4.78, 5) is 4.49. The van der Waals surface area contributed by atoms with E-state index in [4.69, 9.17) is 9.05 Å². The largest absolute Gasteiger partial charge is 0.309 e. The fraction of sp³-hybridized carbons (Fsp3) is 1.00. The molecule has 2 aliphatic heterocycles. The van der Waals surface area contributed by atoms with E-state index >= 15 is 0 Å². The predicted octanol–water partition coefficient (Wildman–Crippen LogP) is 2.15. The van der Waals surface area contributed by atoms with Gasteiger partial charge < -0.3 is 0 Å². The van der Waals surface area contributed by atoms with E-state index < -0.39 is 7.72 Å². The van der Waals surface area contributed by atoms with Crippen LogP contribution in [0, 0.1) is 0 Å². The van der Waals surface area contributed by atoms with Gasteiger partial charge in [0.15, 0.2) is 24.0 Å². The second-order valence-corrected chi connectivity index (χ2v) is 8.13. The van der Waals surface area contributed by atoms with Crippen molar-refractivity contribution in [3.63, 3.8) is 0 Å². The average molecular weight is 233 g/mol. The minimum atomic E-state index is -1.70. The van der Waals surface area contributed by atoms with Gasteiger partial charge >= 0.3 is 7.72 Å². The van der Waals surface area contributed by atoms with Gasteiger partial charge in [-0.25, -0.2) is 9.80 Å². The molecule has 15 heavy (non-hydrogen) atoms. The Balaban J connectivity index is 2.20. The standard InChI is InChI=1S/C10H22N2O2P/c1-9(2)11(5)7-15(13-9)8-12(6)10(3,4)14-15/h7-8H2,1-6H3/q+1. The normalized spacial score (nSPS) is 34.0. The highest BCUT2D eigenvalue weighted by Crippen LogP contribution is 2.73. The van der Waals surface area contributed by atoms with E-state index in [9.17, 15) is 0 Å². The molecule has 2 rings (SSSR count). The van der Waals surface area contributed by atoms with Crippen LogP contribution in [0.15, 0.2) is 0 Å². The highest BCUT2D eigenvalue weighted by Gasteiger charge is 2.65. The average Bonchev–Trinajstić information content (AvgIpc) is 2.31. The molecule has 0 N–H and O–H groups in total. The highest BCUT2D eigenvalue weighted by molar-refractivity contribution is 7.66. The van der Waals surface area contributed by atoms with Crippen LogP contribution in [0.1, 0.15) is 27.7 Å². The molecule has 0 atom stereocenters. The zero-order valence-corrected chi connectivity index (χ0v) is 11.5. The van der Waals surface area contributed by atoms with E-state index in [-0.39, 0.29) is 11.4 Å². The smallest absolute Gasteiger partial charge is 0.238 e. The van der Waals surface area contributed by atoms with Crippen molar-refractivity contribution >= 4 is 7.72 Å². The molecule has 0 saturated carbocycles. The van der Waals surface area contributed by atoms with E-state index in [2.05, 4.69) is 51.6 Å². The first-order valence-corrected chi connectivity index (χ1v) is 7.38. The third-order valence-corrected chi connectivity index (χ3v) is 6.74. The van der Waals surface area contributed by atoms with Crippen molar-refractivity contribution in [2.45, 2.75) is 39.1 Å². The van der Waals surface area contributed by atoms with E-state index in [1.165, 1.54) is 0 Å². The molecule has 2 aliphatic rings. The van der Waals surface area contributed by atoms with Crippen molar-refractivity contribution in [2.24, 2.45) is 0 Å². The topological polar surface area (TPSA) is 24.9 Å². The lowest BCUT2D eigenvalue weighted by molar-refractivity contribution is -0.0157. The number of nitrogens with zero attached hydrogens (tertiary/aromatic N) is 2. The fourth-order valence-corrected chi connectivity index (χ4v) is 6.36. The monoisotopic (exact) mass is 233 g/mol. The third kappa shape index (κ3) is 1.83. The molecule has 0 unspecified atom stereocenters. The molecule has 0 aromatic rings. The zero-order valence-electron chi connectivity index (χ0n) is 10.6. The maximum absolute atomic E-state index is 6.19. The van der Waals surface area contributed by atoms with Crippen LogP contribution >= 0.6 is 7.72 Å². The lowest BCUT2D eigenvalue weighted by atomic mass is 10.3. The summed E-state index contributed by atoms with van der Waals surface area (Å²) in [7, 11) is 2.50. The first kappa shape index (κ1) is 11.7. The van der Waals surface area contributed by atoms with Crippen molar-refractivity contribution in [3.05, 3.63) is 0 Å². The maximum atomic E-state index is 6.19. The molecular weight excluding hydrogens is 211 g/mol. The lowest BCUT2D eigenvalue weighted by Gasteiger charge is -2.21. The van der Waals surface area contributed by atoms with E-state index in [1.807, 2.05) is 0 Å². The number of rotatable bonds is 0. The van der Waals surface area contributed by atoms with Crippen LogP contribution in [-0.4, -0.2) is 47.9 Å². The second kappa shape index (κ2) is 3.14. The van der Waals surface area contributed by atoms with Gasteiger partial charge in [-0.3, -0.25) is 0 Å². The quantitative estimate of drug-likeness (QED) is 0.598. The Morgan fingerprint density at radius 3 is 1.40 bits per heavy atom. The number of hydrogen-bond acceptors (Lipinski definition) is 4. The van der Waals surface area contributed by atoms with Crippen molar-refractivity contribution in [3.8, 4) is 0 Å². The van der Waals surface area contributed by atoms with E-state index in [1.54, 1.807) is 0 Å². The van der Waals surface area contributed by atoms with Crippen LogP contribution in [0.5, 0.6) is 0 Å². The summed E-state index contributed by atoms with van der Waals surface area (Å²) >= 11 is 0. The van der Waals surface area contributed by atoms with Crippen molar-refractivity contribution in [1.82, 2.24) is 9.80 Å². The van der Waals surface area contributed by atoms with Crippen molar-refractivity contribution < 1.29 is 9.05 Å². The molecule has 0 aromatic carbocycles. The third-order valence-electron chi connectivity index (χ3n) is 3.47. The molecule has 2 heterocycles. The van der Waals surface area contributed by atoms with Gasteiger partial charge in [0.1, 0.15) is 0 Å². The molecule has 4 nitrogen and oxygen atoms in total. The molecule has 0 bridgehead atoms. The summed E-state index contributed by atoms with van der Waals surface area (Å²) in [6.45, 7) is 8.43. The Morgan fingerprint density at radius 1 is 0.867 bits per heavy atom. The number of hydrogen-bond donors (Lipinski definition) is 0. The second-order valence-electron chi connectivity index (χ2n) is 5.57. The lowest BCUT2D eigenvalue weighted by Crippen LogP contribution is -2.35. The van der Waals surface area contributed by atoms with Crippen LogP contribution in [0.25, 0.3) is 0 Å². The van der Waals surface area contributed by atoms with Crippen LogP contribution in [-0.2, 0) is 9.05 Å². The van der Waals surface area contributed by atoms with E-state index in [0.29, 0.717) is 0 Å². The van der Waals surface area contributed by atoms with Gasteiger partial charge in [0, 0.05) is 0 Å². The Morgan fingerprint density at radius 2 is 1.20 bits per heavy atom. The molecule has 1 spiro atoms. The molecule has 2 fully saturated rings. The van der Waals surface area contributed by atoms with Gasteiger partial charge in [-0.2, -0.15) is 9.05 Å². The summed E-state index contributed by atoms with van der Waals surface area (Å²) in [5.41, 5.74) is -0.371. The molecular formula is C10H22N2O2P+. The molecule has 0 aromatic heterocycles. The summed E-state index contributed by atoms with van der Waals surface area (Å²) in [6.07, 6.45) is 1.88. The van der Waals surface area contributed by atoms with E-state index in [0.717, 1.165) is 12.6 Å². The molecule has 2 saturated heterocycles. The van der Waals surface area contributed by atoms with Gasteiger partial charge in [0.25, 0.3) is 0 Å². The predicted molar refractivity (Wildman–Crippen MR) is 62.5 cm³/mol. The molecule has 88 valence electrons. The summed E-state index contributed by atoms with van der Waals surface area (Å²) < 4.78 is 12.4. The Hall–Kier alpha value is 0.270. The summed E-state index contributed by atoms with van der Waals surface area (Å²) in [6, 6.07) is 0. The molecule has 0 amide bonds. The highest BCUT2D eigenvalue weighted by atomic mass is 31.2. The van der Waals surface area contributed by atoms with Gasteiger partial charge in [-0.05, 0) is 41.8 Å².